The number of H-pyrrole nitrogens is 2. The van der Waals surface area contributed by atoms with Crippen LogP contribution in [-0.4, -0.2) is 30.4 Å². The molecule has 0 aliphatic rings. The molecule has 2 aromatic heterocycles. The van der Waals surface area contributed by atoms with Crippen LogP contribution in [0.4, 0.5) is 11.9 Å². The van der Waals surface area contributed by atoms with E-state index in [1.807, 2.05) is 24.3 Å². The highest BCUT2D eigenvalue weighted by molar-refractivity contribution is 5.85. The molecule has 6 N–H and O–H groups in total. The molecule has 10 heteroatoms. The van der Waals surface area contributed by atoms with Crippen molar-refractivity contribution in [3.8, 4) is 22.8 Å². The van der Waals surface area contributed by atoms with Crippen LogP contribution in [0.1, 0.15) is 0 Å². The third kappa shape index (κ3) is 2.98. The topological polar surface area (TPSA) is 135 Å². The number of halogens is 2. The molecule has 0 aliphatic carbocycles. The third-order valence-electron chi connectivity index (χ3n) is 2.41. The van der Waals surface area contributed by atoms with E-state index in [0.717, 1.165) is 11.1 Å². The second-order valence-electron chi connectivity index (χ2n) is 3.67. The minimum absolute atomic E-state index is 0. The summed E-state index contributed by atoms with van der Waals surface area (Å²) in [5.74, 6) is 1.61. The van der Waals surface area contributed by atoms with Crippen LogP contribution >= 0.6 is 24.8 Å². The van der Waals surface area contributed by atoms with Crippen LogP contribution in [0.3, 0.4) is 0 Å². The predicted octanol–water partition coefficient (Wildman–Crippen LogP) is 1.26. The number of rotatable bonds is 2. The summed E-state index contributed by atoms with van der Waals surface area (Å²) < 4.78 is 0. The Morgan fingerprint density at radius 2 is 1.25 bits per heavy atom. The standard InChI is InChI=1S/C10H10N8.2ClH/c11-9-13-7(15-17-9)5-2-1-3-6(4-5)8-14-10(12)18-16-8;;/h1-4H,(H3,11,13,15,17)(H3,12,14,16,18);2*1H. The number of nitrogens with zero attached hydrogens (tertiary/aromatic N) is 4. The van der Waals surface area contributed by atoms with Gasteiger partial charge in [0.1, 0.15) is 0 Å². The molecule has 0 atom stereocenters. The van der Waals surface area contributed by atoms with E-state index >= 15 is 0 Å². The molecule has 8 nitrogen and oxygen atoms in total. The van der Waals surface area contributed by atoms with E-state index in [2.05, 4.69) is 30.4 Å². The summed E-state index contributed by atoms with van der Waals surface area (Å²) in [4.78, 5) is 8.12. The molecule has 0 amide bonds. The zero-order valence-corrected chi connectivity index (χ0v) is 11.7. The van der Waals surface area contributed by atoms with Crippen molar-refractivity contribution in [2.75, 3.05) is 11.5 Å². The Morgan fingerprint density at radius 3 is 1.60 bits per heavy atom. The number of aromatic nitrogens is 6. The molecule has 0 bridgehead atoms. The van der Waals surface area contributed by atoms with Crippen LogP contribution in [-0.2, 0) is 0 Å². The molecule has 0 saturated carbocycles. The number of aromatic amines is 2. The van der Waals surface area contributed by atoms with Gasteiger partial charge >= 0.3 is 0 Å². The van der Waals surface area contributed by atoms with Crippen molar-refractivity contribution in [3.05, 3.63) is 24.3 Å². The smallest absolute Gasteiger partial charge is 0.239 e. The Hall–Kier alpha value is -2.32. The minimum Gasteiger partial charge on any atom is -0.366 e. The molecule has 3 aromatic rings. The fourth-order valence-corrected chi connectivity index (χ4v) is 1.62. The number of hydrogen-bond acceptors (Lipinski definition) is 6. The summed E-state index contributed by atoms with van der Waals surface area (Å²) in [7, 11) is 0. The summed E-state index contributed by atoms with van der Waals surface area (Å²) >= 11 is 0. The van der Waals surface area contributed by atoms with E-state index in [4.69, 9.17) is 11.5 Å². The SMILES string of the molecule is Cl.Cl.Nc1n[nH]c(-c2cccc(-c3nc(N)n[nH]3)c2)n1. The highest BCUT2D eigenvalue weighted by atomic mass is 35.5. The summed E-state index contributed by atoms with van der Waals surface area (Å²) in [5.41, 5.74) is 12.6. The van der Waals surface area contributed by atoms with Gasteiger partial charge in [-0.1, -0.05) is 18.2 Å². The van der Waals surface area contributed by atoms with Crippen LogP contribution in [0, 0.1) is 0 Å². The van der Waals surface area contributed by atoms with E-state index in [1.165, 1.54) is 0 Å². The summed E-state index contributed by atoms with van der Waals surface area (Å²) in [5, 5.41) is 13.1. The van der Waals surface area contributed by atoms with Gasteiger partial charge in [0.25, 0.3) is 0 Å². The molecule has 2 heterocycles. The van der Waals surface area contributed by atoms with E-state index in [0.29, 0.717) is 11.6 Å². The lowest BCUT2D eigenvalue weighted by atomic mass is 10.1. The number of benzene rings is 1. The number of anilines is 2. The van der Waals surface area contributed by atoms with Crippen molar-refractivity contribution in [3.63, 3.8) is 0 Å². The maximum atomic E-state index is 5.47. The van der Waals surface area contributed by atoms with Crippen LogP contribution in [0.25, 0.3) is 22.8 Å². The first-order valence-corrected chi connectivity index (χ1v) is 5.19. The molecule has 0 aliphatic heterocycles. The lowest BCUT2D eigenvalue weighted by molar-refractivity contribution is 1.10. The molecule has 106 valence electrons. The second-order valence-corrected chi connectivity index (χ2v) is 3.67. The van der Waals surface area contributed by atoms with E-state index in [1.54, 1.807) is 0 Å². The highest BCUT2D eigenvalue weighted by Gasteiger charge is 2.07. The van der Waals surface area contributed by atoms with Crippen molar-refractivity contribution in [1.82, 2.24) is 30.4 Å². The zero-order valence-electron chi connectivity index (χ0n) is 10.1. The first kappa shape index (κ1) is 15.7. The van der Waals surface area contributed by atoms with E-state index in [-0.39, 0.29) is 36.7 Å². The number of nitrogens with two attached hydrogens (primary N) is 2. The van der Waals surface area contributed by atoms with Crippen molar-refractivity contribution in [2.45, 2.75) is 0 Å². The van der Waals surface area contributed by atoms with Gasteiger partial charge in [-0.25, -0.2) is 0 Å². The van der Waals surface area contributed by atoms with Gasteiger partial charge in [-0.3, -0.25) is 10.2 Å². The largest absolute Gasteiger partial charge is 0.366 e. The van der Waals surface area contributed by atoms with Crippen molar-refractivity contribution in [2.24, 2.45) is 0 Å². The Morgan fingerprint density at radius 1 is 0.800 bits per heavy atom. The zero-order chi connectivity index (χ0) is 12.5. The minimum atomic E-state index is 0. The number of hydrogen-bond donors (Lipinski definition) is 4. The quantitative estimate of drug-likeness (QED) is 0.562. The van der Waals surface area contributed by atoms with Crippen molar-refractivity contribution in [1.29, 1.82) is 0 Å². The van der Waals surface area contributed by atoms with Gasteiger partial charge in [0, 0.05) is 11.1 Å². The maximum absolute atomic E-state index is 5.47. The first-order valence-electron chi connectivity index (χ1n) is 5.19. The van der Waals surface area contributed by atoms with Crippen LogP contribution < -0.4 is 11.5 Å². The summed E-state index contributed by atoms with van der Waals surface area (Å²) in [6.45, 7) is 0. The molecule has 0 unspecified atom stereocenters. The van der Waals surface area contributed by atoms with Crippen LogP contribution in [0.2, 0.25) is 0 Å². The lowest BCUT2D eigenvalue weighted by Crippen LogP contribution is -1.87. The average molecular weight is 315 g/mol. The summed E-state index contributed by atoms with van der Waals surface area (Å²) in [6, 6.07) is 7.55. The molecule has 1 aromatic carbocycles. The molecule has 0 saturated heterocycles. The van der Waals surface area contributed by atoms with Crippen molar-refractivity contribution < 1.29 is 0 Å². The molecule has 3 rings (SSSR count). The Labute approximate surface area is 126 Å². The monoisotopic (exact) mass is 314 g/mol. The molecule has 0 radical (unpaired) electrons. The van der Waals surface area contributed by atoms with Crippen LogP contribution in [0.5, 0.6) is 0 Å². The molecule has 0 fully saturated rings. The van der Waals surface area contributed by atoms with E-state index < -0.39 is 0 Å². The van der Waals surface area contributed by atoms with Gasteiger partial charge in [-0.05, 0) is 6.07 Å². The van der Waals surface area contributed by atoms with Gasteiger partial charge < -0.3 is 11.5 Å². The van der Waals surface area contributed by atoms with E-state index in [9.17, 15) is 0 Å². The van der Waals surface area contributed by atoms with Gasteiger partial charge in [0.2, 0.25) is 11.9 Å². The molecular formula is C10H12Cl2N8. The normalized spacial score (nSPS) is 9.60. The van der Waals surface area contributed by atoms with Gasteiger partial charge in [0.05, 0.1) is 0 Å². The Balaban J connectivity index is 0.000001000. The third-order valence-corrected chi connectivity index (χ3v) is 2.41. The fourth-order valence-electron chi connectivity index (χ4n) is 1.62. The molecular weight excluding hydrogens is 303 g/mol. The Bertz CT molecular complexity index is 636. The van der Waals surface area contributed by atoms with Crippen LogP contribution in [0.15, 0.2) is 24.3 Å². The predicted molar refractivity (Wildman–Crippen MR) is 80.5 cm³/mol. The lowest BCUT2D eigenvalue weighted by Gasteiger charge is -1.99. The Kier molecular flexibility index (Phi) is 4.89. The summed E-state index contributed by atoms with van der Waals surface area (Å²) in [6.07, 6.45) is 0. The van der Waals surface area contributed by atoms with Crippen molar-refractivity contribution >= 4 is 36.7 Å². The maximum Gasteiger partial charge on any atom is 0.239 e. The number of nitrogens with one attached hydrogen (secondary N) is 2. The van der Waals surface area contributed by atoms with Gasteiger partial charge in [-0.15, -0.1) is 35.0 Å². The second kappa shape index (κ2) is 6.22. The fraction of sp³-hybridized carbons (Fsp3) is 0. The number of nitrogen functional groups attached to an aromatic ring is 2. The molecule has 20 heavy (non-hydrogen) atoms. The van der Waals surface area contributed by atoms with Gasteiger partial charge in [0.15, 0.2) is 11.6 Å². The average Bonchev–Trinajstić information content (AvgIpc) is 2.98. The van der Waals surface area contributed by atoms with Gasteiger partial charge in [-0.2, -0.15) is 9.97 Å². The highest BCUT2D eigenvalue weighted by Crippen LogP contribution is 2.22. The molecule has 0 spiro atoms. The first-order chi connectivity index (χ1) is 8.72.